The molecular formula is C10H11F3N2. The Hall–Kier alpha value is -1.52. The highest BCUT2D eigenvalue weighted by Crippen LogP contribution is 2.12. The van der Waals surface area contributed by atoms with E-state index in [0.717, 1.165) is 6.21 Å². The predicted octanol–water partition coefficient (Wildman–Crippen LogP) is 2.44. The topological polar surface area (TPSA) is 24.4 Å². The molecular weight excluding hydrogens is 205 g/mol. The maximum absolute atomic E-state index is 13.0. The number of benzene rings is 1. The molecule has 0 spiro atoms. The predicted molar refractivity (Wildman–Crippen MR) is 52.2 cm³/mol. The minimum Gasteiger partial charge on any atom is -0.308 e. The van der Waals surface area contributed by atoms with Crippen LogP contribution < -0.4 is 5.43 Å². The van der Waals surface area contributed by atoms with Gasteiger partial charge >= 0.3 is 0 Å². The monoisotopic (exact) mass is 216 g/mol. The van der Waals surface area contributed by atoms with E-state index < -0.39 is 17.5 Å². The van der Waals surface area contributed by atoms with E-state index >= 15 is 0 Å². The third-order valence-corrected chi connectivity index (χ3v) is 1.57. The molecule has 0 heterocycles. The normalized spacial score (nSPS) is 11.3. The molecule has 0 amide bonds. The smallest absolute Gasteiger partial charge is 0.137 e. The summed E-state index contributed by atoms with van der Waals surface area (Å²) in [5, 5.41) is 3.61. The van der Waals surface area contributed by atoms with Crippen molar-refractivity contribution in [2.45, 2.75) is 19.9 Å². The second-order valence-corrected chi connectivity index (χ2v) is 3.33. The molecule has 0 aliphatic heterocycles. The summed E-state index contributed by atoms with van der Waals surface area (Å²) in [5.41, 5.74) is 2.25. The molecule has 0 aliphatic carbocycles. The van der Waals surface area contributed by atoms with Gasteiger partial charge in [-0.3, -0.25) is 0 Å². The Morgan fingerprint density at radius 3 is 2.20 bits per heavy atom. The van der Waals surface area contributed by atoms with Crippen molar-refractivity contribution in [2.75, 3.05) is 0 Å². The number of nitrogens with one attached hydrogen (secondary N) is 1. The van der Waals surface area contributed by atoms with Crippen molar-refractivity contribution in [3.63, 3.8) is 0 Å². The van der Waals surface area contributed by atoms with Gasteiger partial charge in [0.1, 0.15) is 17.5 Å². The van der Waals surface area contributed by atoms with E-state index in [-0.39, 0.29) is 11.6 Å². The maximum atomic E-state index is 13.0. The Kier molecular flexibility index (Phi) is 3.71. The van der Waals surface area contributed by atoms with E-state index in [1.165, 1.54) is 0 Å². The van der Waals surface area contributed by atoms with E-state index in [1.54, 1.807) is 0 Å². The number of halogens is 3. The highest BCUT2D eigenvalue weighted by molar-refractivity contribution is 5.80. The van der Waals surface area contributed by atoms with Crippen LogP contribution in [0.1, 0.15) is 19.4 Å². The summed E-state index contributed by atoms with van der Waals surface area (Å²) in [4.78, 5) is 0. The molecule has 5 heteroatoms. The standard InChI is InChI=1S/C10H11F3N2/c1-6(2)15-14-5-8-9(12)3-7(11)4-10(8)13/h3-6,15H,1-2H3/b14-5+. The zero-order valence-corrected chi connectivity index (χ0v) is 8.39. The van der Waals surface area contributed by atoms with E-state index in [1.807, 2.05) is 13.8 Å². The molecule has 0 aromatic heterocycles. The van der Waals surface area contributed by atoms with Crippen LogP contribution >= 0.6 is 0 Å². The van der Waals surface area contributed by atoms with Crippen molar-refractivity contribution in [3.05, 3.63) is 35.1 Å². The number of hydrogen-bond acceptors (Lipinski definition) is 2. The molecule has 0 aliphatic rings. The molecule has 15 heavy (non-hydrogen) atoms. The van der Waals surface area contributed by atoms with Gasteiger partial charge in [-0.25, -0.2) is 13.2 Å². The van der Waals surface area contributed by atoms with Crippen molar-refractivity contribution in [1.82, 2.24) is 5.43 Å². The molecule has 82 valence electrons. The van der Waals surface area contributed by atoms with Crippen LogP contribution in [-0.2, 0) is 0 Å². The van der Waals surface area contributed by atoms with E-state index in [2.05, 4.69) is 10.5 Å². The molecule has 0 bridgehead atoms. The molecule has 1 rings (SSSR count). The first-order valence-electron chi connectivity index (χ1n) is 4.44. The van der Waals surface area contributed by atoms with Crippen molar-refractivity contribution in [1.29, 1.82) is 0 Å². The fourth-order valence-electron chi connectivity index (χ4n) is 0.928. The van der Waals surface area contributed by atoms with E-state index in [4.69, 9.17) is 0 Å². The van der Waals surface area contributed by atoms with Crippen molar-refractivity contribution >= 4 is 6.21 Å². The largest absolute Gasteiger partial charge is 0.308 e. The molecule has 0 saturated carbocycles. The lowest BCUT2D eigenvalue weighted by molar-refractivity contribution is 0.540. The first-order valence-corrected chi connectivity index (χ1v) is 4.44. The first-order chi connectivity index (χ1) is 7.00. The summed E-state index contributed by atoms with van der Waals surface area (Å²) in [6, 6.07) is 1.28. The molecule has 0 saturated heterocycles. The van der Waals surface area contributed by atoms with Gasteiger partial charge in [-0.15, -0.1) is 0 Å². The van der Waals surface area contributed by atoms with Gasteiger partial charge in [0.15, 0.2) is 0 Å². The van der Waals surface area contributed by atoms with Crippen LogP contribution in [0.15, 0.2) is 17.2 Å². The Balaban J connectivity index is 2.90. The fourth-order valence-corrected chi connectivity index (χ4v) is 0.928. The second-order valence-electron chi connectivity index (χ2n) is 3.33. The Labute approximate surface area is 85.8 Å². The number of hydrogen-bond donors (Lipinski definition) is 1. The van der Waals surface area contributed by atoms with Gasteiger partial charge in [0, 0.05) is 18.2 Å². The summed E-state index contributed by atoms with van der Waals surface area (Å²) in [7, 11) is 0. The summed E-state index contributed by atoms with van der Waals surface area (Å²) in [6.45, 7) is 3.66. The molecule has 1 aromatic rings. The minimum absolute atomic E-state index is 0.0628. The molecule has 1 N–H and O–H groups in total. The van der Waals surface area contributed by atoms with Gasteiger partial charge in [-0.2, -0.15) is 5.10 Å². The molecule has 0 unspecified atom stereocenters. The summed E-state index contributed by atoms with van der Waals surface area (Å²) in [5.74, 6) is -2.89. The zero-order chi connectivity index (χ0) is 11.4. The van der Waals surface area contributed by atoms with Gasteiger partial charge in [-0.05, 0) is 13.8 Å². The Bertz CT molecular complexity index is 352. The average Bonchev–Trinajstić information content (AvgIpc) is 2.08. The van der Waals surface area contributed by atoms with Crippen LogP contribution in [0.25, 0.3) is 0 Å². The SMILES string of the molecule is CC(C)N/N=C/c1c(F)cc(F)cc1F. The lowest BCUT2D eigenvalue weighted by Gasteiger charge is -2.03. The van der Waals surface area contributed by atoms with Gasteiger partial charge in [-0.1, -0.05) is 0 Å². The molecule has 0 radical (unpaired) electrons. The third-order valence-electron chi connectivity index (χ3n) is 1.57. The minimum atomic E-state index is -0.971. The van der Waals surface area contributed by atoms with Crippen molar-refractivity contribution in [3.8, 4) is 0 Å². The van der Waals surface area contributed by atoms with Crippen LogP contribution in [-0.4, -0.2) is 12.3 Å². The molecule has 2 nitrogen and oxygen atoms in total. The van der Waals surface area contributed by atoms with Crippen LogP contribution in [0.5, 0.6) is 0 Å². The van der Waals surface area contributed by atoms with Gasteiger partial charge in [0.05, 0.1) is 11.8 Å². The van der Waals surface area contributed by atoms with Gasteiger partial charge in [0.25, 0.3) is 0 Å². The number of hydrazone groups is 1. The van der Waals surface area contributed by atoms with Crippen LogP contribution in [0.3, 0.4) is 0 Å². The lowest BCUT2D eigenvalue weighted by Crippen LogP contribution is -2.16. The Morgan fingerprint density at radius 2 is 1.73 bits per heavy atom. The molecule has 0 atom stereocenters. The van der Waals surface area contributed by atoms with Crippen LogP contribution in [0.2, 0.25) is 0 Å². The Morgan fingerprint density at radius 1 is 1.20 bits per heavy atom. The third kappa shape index (κ3) is 3.27. The van der Waals surface area contributed by atoms with Crippen molar-refractivity contribution < 1.29 is 13.2 Å². The van der Waals surface area contributed by atoms with E-state index in [0.29, 0.717) is 12.1 Å². The molecule has 0 fully saturated rings. The highest BCUT2D eigenvalue weighted by atomic mass is 19.1. The lowest BCUT2D eigenvalue weighted by atomic mass is 10.2. The fraction of sp³-hybridized carbons (Fsp3) is 0.300. The number of rotatable bonds is 3. The highest BCUT2D eigenvalue weighted by Gasteiger charge is 2.08. The average molecular weight is 216 g/mol. The summed E-state index contributed by atoms with van der Waals surface area (Å²) >= 11 is 0. The molecule has 1 aromatic carbocycles. The summed E-state index contributed by atoms with van der Waals surface area (Å²) < 4.78 is 38.6. The zero-order valence-electron chi connectivity index (χ0n) is 8.39. The van der Waals surface area contributed by atoms with E-state index in [9.17, 15) is 13.2 Å². The van der Waals surface area contributed by atoms with Gasteiger partial charge < -0.3 is 5.43 Å². The van der Waals surface area contributed by atoms with Gasteiger partial charge in [0.2, 0.25) is 0 Å². The maximum Gasteiger partial charge on any atom is 0.137 e. The quantitative estimate of drug-likeness (QED) is 0.609. The van der Waals surface area contributed by atoms with Crippen LogP contribution in [0.4, 0.5) is 13.2 Å². The summed E-state index contributed by atoms with van der Waals surface area (Å²) in [6.07, 6.45) is 0.990. The number of nitrogens with zero attached hydrogens (tertiary/aromatic N) is 1. The van der Waals surface area contributed by atoms with Crippen molar-refractivity contribution in [2.24, 2.45) is 5.10 Å². The van der Waals surface area contributed by atoms with Crippen LogP contribution in [0, 0.1) is 17.5 Å². The first kappa shape index (κ1) is 11.6. The second kappa shape index (κ2) is 4.82.